The smallest absolute Gasteiger partial charge is 0.253 e. The van der Waals surface area contributed by atoms with E-state index in [9.17, 15) is 4.79 Å². The van der Waals surface area contributed by atoms with E-state index >= 15 is 0 Å². The Hall–Kier alpha value is -1.79. The first kappa shape index (κ1) is 19.5. The number of benzene rings is 2. The Labute approximate surface area is 161 Å². The number of nitrogens with zero attached hydrogens (tertiary/aromatic N) is 2. The van der Waals surface area contributed by atoms with Gasteiger partial charge in [0.25, 0.3) is 5.91 Å². The highest BCUT2D eigenvalue weighted by atomic mass is 79.9. The third-order valence-corrected chi connectivity index (χ3v) is 5.29. The molecule has 2 aromatic rings. The summed E-state index contributed by atoms with van der Waals surface area (Å²) in [6.45, 7) is 3.92. The van der Waals surface area contributed by atoms with Crippen molar-refractivity contribution in [3.63, 3.8) is 0 Å². The number of anilines is 1. The Kier molecular flexibility index (Phi) is 7.08. The topological polar surface area (TPSA) is 44.7 Å². The van der Waals surface area contributed by atoms with Gasteiger partial charge in [-0.15, -0.1) is 11.8 Å². The van der Waals surface area contributed by atoms with E-state index in [0.717, 1.165) is 20.6 Å². The standard InChI is InChI=1S/C19H22BrN3OS/c1-13-5-8-16(9-6-13)25-14(2)19(24)22-21-12-15-7-10-18(23(3)4)17(20)11-15/h5-12,14H,1-4H3,(H,22,24)/b21-12-/t14-/m0/s1. The van der Waals surface area contributed by atoms with Crippen LogP contribution in [0, 0.1) is 6.92 Å². The molecule has 4 nitrogen and oxygen atoms in total. The molecule has 6 heteroatoms. The molecule has 2 aromatic carbocycles. The van der Waals surface area contributed by atoms with Gasteiger partial charge in [0.1, 0.15) is 0 Å². The number of hydrogen-bond donors (Lipinski definition) is 1. The fraction of sp³-hybridized carbons (Fsp3) is 0.263. The van der Waals surface area contributed by atoms with Gasteiger partial charge in [-0.2, -0.15) is 5.10 Å². The first-order valence-corrected chi connectivity index (χ1v) is 9.57. The summed E-state index contributed by atoms with van der Waals surface area (Å²) in [5, 5.41) is 3.84. The minimum absolute atomic E-state index is 0.120. The number of thioether (sulfide) groups is 1. The van der Waals surface area contributed by atoms with Crippen LogP contribution < -0.4 is 10.3 Å². The number of amides is 1. The van der Waals surface area contributed by atoms with Crippen LogP contribution in [-0.4, -0.2) is 31.5 Å². The molecule has 1 N–H and O–H groups in total. The summed E-state index contributed by atoms with van der Waals surface area (Å²) >= 11 is 5.06. The molecule has 0 aliphatic rings. The molecular formula is C19H22BrN3OS. The fourth-order valence-electron chi connectivity index (χ4n) is 2.10. The Bertz CT molecular complexity index is 760. The Morgan fingerprint density at radius 3 is 2.52 bits per heavy atom. The monoisotopic (exact) mass is 419 g/mol. The average Bonchev–Trinajstić information content (AvgIpc) is 2.56. The summed E-state index contributed by atoms with van der Waals surface area (Å²) in [7, 11) is 3.97. The molecule has 0 aliphatic heterocycles. The second-order valence-electron chi connectivity index (χ2n) is 5.91. The van der Waals surface area contributed by atoms with Crippen molar-refractivity contribution in [3.8, 4) is 0 Å². The van der Waals surface area contributed by atoms with Gasteiger partial charge >= 0.3 is 0 Å². The van der Waals surface area contributed by atoms with E-state index in [4.69, 9.17) is 0 Å². The lowest BCUT2D eigenvalue weighted by molar-refractivity contribution is -0.120. The number of halogens is 1. The van der Waals surface area contributed by atoms with Crippen molar-refractivity contribution in [1.82, 2.24) is 5.43 Å². The van der Waals surface area contributed by atoms with Gasteiger partial charge in [-0.3, -0.25) is 4.79 Å². The number of hydrazone groups is 1. The molecule has 1 atom stereocenters. The molecule has 1 amide bonds. The lowest BCUT2D eigenvalue weighted by Crippen LogP contribution is -2.26. The molecule has 25 heavy (non-hydrogen) atoms. The zero-order valence-electron chi connectivity index (χ0n) is 14.8. The fourth-order valence-corrected chi connectivity index (χ4v) is 3.71. The molecule has 0 radical (unpaired) electrons. The van der Waals surface area contributed by atoms with Crippen molar-refractivity contribution in [2.24, 2.45) is 5.10 Å². The molecule has 0 aromatic heterocycles. The van der Waals surface area contributed by atoms with Gasteiger partial charge in [0, 0.05) is 23.5 Å². The molecule has 0 spiro atoms. The second-order valence-corrected chi connectivity index (χ2v) is 8.18. The largest absolute Gasteiger partial charge is 0.377 e. The highest BCUT2D eigenvalue weighted by Gasteiger charge is 2.13. The van der Waals surface area contributed by atoms with Gasteiger partial charge in [-0.25, -0.2) is 5.43 Å². The number of nitrogens with one attached hydrogen (secondary N) is 1. The van der Waals surface area contributed by atoms with Crippen LogP contribution in [0.4, 0.5) is 5.69 Å². The van der Waals surface area contributed by atoms with Crippen LogP contribution in [0.5, 0.6) is 0 Å². The maximum absolute atomic E-state index is 12.2. The van der Waals surface area contributed by atoms with Crippen LogP contribution in [0.3, 0.4) is 0 Å². The summed E-state index contributed by atoms with van der Waals surface area (Å²) < 4.78 is 0.982. The van der Waals surface area contributed by atoms with E-state index in [0.29, 0.717) is 0 Å². The van der Waals surface area contributed by atoms with Crippen LogP contribution in [0.1, 0.15) is 18.1 Å². The van der Waals surface area contributed by atoms with E-state index < -0.39 is 0 Å². The van der Waals surface area contributed by atoms with E-state index in [2.05, 4.69) is 26.5 Å². The molecule has 0 fully saturated rings. The van der Waals surface area contributed by atoms with Crippen molar-refractivity contribution >= 4 is 45.5 Å². The van der Waals surface area contributed by atoms with Gasteiger partial charge in [0.15, 0.2) is 0 Å². The van der Waals surface area contributed by atoms with Gasteiger partial charge in [0.2, 0.25) is 0 Å². The summed E-state index contributed by atoms with van der Waals surface area (Å²) in [5.74, 6) is -0.120. The maximum atomic E-state index is 12.2. The second kappa shape index (κ2) is 9.06. The number of rotatable bonds is 6. The van der Waals surface area contributed by atoms with Gasteiger partial charge in [-0.05, 0) is 59.6 Å². The van der Waals surface area contributed by atoms with Crippen molar-refractivity contribution in [2.75, 3.05) is 19.0 Å². The molecule has 0 saturated carbocycles. The van der Waals surface area contributed by atoms with Gasteiger partial charge in [0.05, 0.1) is 17.2 Å². The quantitative estimate of drug-likeness (QED) is 0.427. The molecule has 132 valence electrons. The van der Waals surface area contributed by atoms with Crippen LogP contribution in [0.2, 0.25) is 0 Å². The Morgan fingerprint density at radius 2 is 1.92 bits per heavy atom. The number of aryl methyl sites for hydroxylation is 1. The first-order valence-electron chi connectivity index (χ1n) is 7.90. The minimum atomic E-state index is -0.220. The summed E-state index contributed by atoms with van der Waals surface area (Å²) in [6.07, 6.45) is 1.64. The Morgan fingerprint density at radius 1 is 1.24 bits per heavy atom. The predicted molar refractivity (Wildman–Crippen MR) is 111 cm³/mol. The summed E-state index contributed by atoms with van der Waals surface area (Å²) in [4.78, 5) is 15.2. The van der Waals surface area contributed by atoms with Crippen molar-refractivity contribution in [2.45, 2.75) is 24.0 Å². The first-order chi connectivity index (χ1) is 11.9. The molecule has 0 bridgehead atoms. The molecule has 0 aliphatic carbocycles. The van der Waals surface area contributed by atoms with E-state index in [1.54, 1.807) is 6.21 Å². The summed E-state index contributed by atoms with van der Waals surface area (Å²) in [6, 6.07) is 14.1. The highest BCUT2D eigenvalue weighted by molar-refractivity contribution is 9.10. The number of hydrogen-bond acceptors (Lipinski definition) is 4. The van der Waals surface area contributed by atoms with Crippen molar-refractivity contribution in [3.05, 3.63) is 58.1 Å². The zero-order chi connectivity index (χ0) is 18.4. The molecular weight excluding hydrogens is 398 g/mol. The molecule has 0 unspecified atom stereocenters. The number of carbonyl (C=O) groups excluding carboxylic acids is 1. The van der Waals surface area contributed by atoms with E-state index in [1.165, 1.54) is 17.3 Å². The van der Waals surface area contributed by atoms with Gasteiger partial charge in [-0.1, -0.05) is 23.8 Å². The number of carbonyl (C=O) groups is 1. The lowest BCUT2D eigenvalue weighted by Gasteiger charge is -2.14. The summed E-state index contributed by atoms with van der Waals surface area (Å²) in [5.41, 5.74) is 5.81. The molecule has 0 heterocycles. The normalized spacial score (nSPS) is 12.2. The third-order valence-electron chi connectivity index (χ3n) is 3.54. The van der Waals surface area contributed by atoms with E-state index in [1.807, 2.05) is 75.3 Å². The molecule has 2 rings (SSSR count). The van der Waals surface area contributed by atoms with E-state index in [-0.39, 0.29) is 11.2 Å². The van der Waals surface area contributed by atoms with Crippen LogP contribution in [-0.2, 0) is 4.79 Å². The third kappa shape index (κ3) is 5.90. The van der Waals surface area contributed by atoms with Crippen LogP contribution >= 0.6 is 27.7 Å². The lowest BCUT2D eigenvalue weighted by atomic mass is 10.2. The highest BCUT2D eigenvalue weighted by Crippen LogP contribution is 2.25. The van der Waals surface area contributed by atoms with Crippen molar-refractivity contribution in [1.29, 1.82) is 0 Å². The van der Waals surface area contributed by atoms with Crippen LogP contribution in [0.25, 0.3) is 0 Å². The van der Waals surface area contributed by atoms with Crippen LogP contribution in [0.15, 0.2) is 56.9 Å². The molecule has 0 saturated heterocycles. The van der Waals surface area contributed by atoms with Crippen molar-refractivity contribution < 1.29 is 4.79 Å². The maximum Gasteiger partial charge on any atom is 0.253 e. The zero-order valence-corrected chi connectivity index (χ0v) is 17.2. The SMILES string of the molecule is Cc1ccc(S[C@@H](C)C(=O)N/N=C\c2ccc(N(C)C)c(Br)c2)cc1. The Balaban J connectivity index is 1.91. The van der Waals surface area contributed by atoms with Gasteiger partial charge < -0.3 is 4.90 Å². The predicted octanol–water partition coefficient (Wildman–Crippen LogP) is 4.45. The average molecular weight is 420 g/mol. The minimum Gasteiger partial charge on any atom is -0.377 e.